The van der Waals surface area contributed by atoms with Gasteiger partial charge in [0.1, 0.15) is 5.54 Å². The first-order valence-electron chi connectivity index (χ1n) is 6.80. The predicted octanol–water partition coefficient (Wildman–Crippen LogP) is 1.88. The van der Waals surface area contributed by atoms with Crippen LogP contribution in [0.5, 0.6) is 11.5 Å². The molecular weight excluding hydrogens is 274 g/mol. The van der Waals surface area contributed by atoms with Crippen LogP contribution >= 0.6 is 0 Å². The van der Waals surface area contributed by atoms with Gasteiger partial charge in [0, 0.05) is 5.56 Å². The maximum atomic E-state index is 12.3. The Morgan fingerprint density at radius 1 is 1.33 bits per heavy atom. The molecule has 1 N–H and O–H groups in total. The maximum absolute atomic E-state index is 12.3. The molecule has 0 aromatic heterocycles. The van der Waals surface area contributed by atoms with Crippen molar-refractivity contribution in [3.63, 3.8) is 0 Å². The number of carbonyl (C=O) groups is 2. The van der Waals surface area contributed by atoms with Crippen molar-refractivity contribution < 1.29 is 23.8 Å². The molecule has 0 unspecified atom stereocenters. The van der Waals surface area contributed by atoms with Crippen molar-refractivity contribution in [1.82, 2.24) is 5.32 Å². The van der Waals surface area contributed by atoms with E-state index in [2.05, 4.69) is 5.32 Å². The van der Waals surface area contributed by atoms with Crippen molar-refractivity contribution in [2.75, 3.05) is 13.9 Å². The van der Waals surface area contributed by atoms with Crippen LogP contribution < -0.4 is 14.8 Å². The smallest absolute Gasteiger partial charge is 0.331 e. The first-order valence-corrected chi connectivity index (χ1v) is 6.80. The number of amides is 1. The van der Waals surface area contributed by atoms with E-state index in [0.29, 0.717) is 23.5 Å². The topological polar surface area (TPSA) is 73.9 Å². The summed E-state index contributed by atoms with van der Waals surface area (Å²) in [5.41, 5.74) is -0.637. The average Bonchev–Trinajstić information content (AvgIpc) is 2.93. The van der Waals surface area contributed by atoms with Crippen LogP contribution in [0.15, 0.2) is 18.2 Å². The summed E-state index contributed by atoms with van der Waals surface area (Å²) in [6.45, 7) is 3.75. The quantitative estimate of drug-likeness (QED) is 0.839. The summed E-state index contributed by atoms with van der Waals surface area (Å²) in [7, 11) is 1.31. The lowest BCUT2D eigenvalue weighted by Crippen LogP contribution is -2.52. The van der Waals surface area contributed by atoms with Gasteiger partial charge < -0.3 is 19.5 Å². The van der Waals surface area contributed by atoms with Gasteiger partial charge in [0.05, 0.1) is 7.11 Å². The average molecular weight is 293 g/mol. The van der Waals surface area contributed by atoms with Crippen LogP contribution in [0.3, 0.4) is 0 Å². The highest BCUT2D eigenvalue weighted by Crippen LogP contribution is 2.32. The second kappa shape index (κ2) is 6.03. The molecule has 1 aromatic rings. The number of hydrogen-bond acceptors (Lipinski definition) is 5. The Kier molecular flexibility index (Phi) is 4.35. The van der Waals surface area contributed by atoms with Gasteiger partial charge in [0.2, 0.25) is 6.79 Å². The minimum atomic E-state index is -1.04. The number of hydrogen-bond donors (Lipinski definition) is 1. The molecule has 1 atom stereocenters. The van der Waals surface area contributed by atoms with Crippen LogP contribution in [0.25, 0.3) is 0 Å². The van der Waals surface area contributed by atoms with Gasteiger partial charge in [0.25, 0.3) is 5.91 Å². The van der Waals surface area contributed by atoms with Crippen LogP contribution in [-0.4, -0.2) is 31.3 Å². The number of fused-ring (bicyclic) bond motifs is 1. The van der Waals surface area contributed by atoms with E-state index in [1.54, 1.807) is 25.1 Å². The normalized spacial score (nSPS) is 15.2. The summed E-state index contributed by atoms with van der Waals surface area (Å²) in [4.78, 5) is 24.2. The van der Waals surface area contributed by atoms with Crippen molar-refractivity contribution in [2.24, 2.45) is 0 Å². The highest BCUT2D eigenvalue weighted by molar-refractivity contribution is 5.98. The standard InChI is InChI=1S/C15H19NO5/c1-4-7-15(2,14(18)19-3)16-13(17)10-5-6-11-12(8-10)21-9-20-11/h5-6,8H,4,7,9H2,1-3H3,(H,16,17)/t15-/m0/s1. The lowest BCUT2D eigenvalue weighted by atomic mass is 9.95. The molecule has 21 heavy (non-hydrogen) atoms. The number of benzene rings is 1. The minimum absolute atomic E-state index is 0.149. The molecule has 114 valence electrons. The van der Waals surface area contributed by atoms with Crippen molar-refractivity contribution in [1.29, 1.82) is 0 Å². The highest BCUT2D eigenvalue weighted by Gasteiger charge is 2.35. The Morgan fingerprint density at radius 3 is 2.71 bits per heavy atom. The number of methoxy groups -OCH3 is 1. The number of carbonyl (C=O) groups excluding carboxylic acids is 2. The molecule has 1 aliphatic heterocycles. The van der Waals surface area contributed by atoms with Gasteiger partial charge >= 0.3 is 5.97 Å². The van der Waals surface area contributed by atoms with Crippen molar-refractivity contribution in [3.8, 4) is 11.5 Å². The lowest BCUT2D eigenvalue weighted by molar-refractivity contribution is -0.147. The van der Waals surface area contributed by atoms with Crippen molar-refractivity contribution in [2.45, 2.75) is 32.2 Å². The van der Waals surface area contributed by atoms with Crippen LogP contribution in [0.1, 0.15) is 37.0 Å². The zero-order valence-electron chi connectivity index (χ0n) is 12.4. The number of ether oxygens (including phenoxy) is 3. The molecule has 0 radical (unpaired) electrons. The summed E-state index contributed by atoms with van der Waals surface area (Å²) in [6, 6.07) is 4.90. The fraction of sp³-hybridized carbons (Fsp3) is 0.467. The Morgan fingerprint density at radius 2 is 2.05 bits per heavy atom. The third-order valence-corrected chi connectivity index (χ3v) is 3.41. The molecule has 1 aromatic carbocycles. The van der Waals surface area contributed by atoms with E-state index in [1.165, 1.54) is 7.11 Å². The Balaban J connectivity index is 2.17. The van der Waals surface area contributed by atoms with E-state index >= 15 is 0 Å². The summed E-state index contributed by atoms with van der Waals surface area (Å²) in [5, 5.41) is 2.74. The van der Waals surface area contributed by atoms with Gasteiger partial charge in [-0.2, -0.15) is 0 Å². The Hall–Kier alpha value is -2.24. The first-order chi connectivity index (χ1) is 10.00. The highest BCUT2D eigenvalue weighted by atomic mass is 16.7. The van der Waals surface area contributed by atoms with Gasteiger partial charge in [0.15, 0.2) is 11.5 Å². The molecule has 6 nitrogen and oxygen atoms in total. The van der Waals surface area contributed by atoms with E-state index in [4.69, 9.17) is 14.2 Å². The Bertz CT molecular complexity index is 557. The third-order valence-electron chi connectivity index (χ3n) is 3.41. The third kappa shape index (κ3) is 3.09. The van der Waals surface area contributed by atoms with Crippen LogP contribution in [0, 0.1) is 0 Å². The zero-order chi connectivity index (χ0) is 15.5. The van der Waals surface area contributed by atoms with Gasteiger partial charge in [-0.15, -0.1) is 0 Å². The molecule has 1 heterocycles. The zero-order valence-corrected chi connectivity index (χ0v) is 12.4. The predicted molar refractivity (Wildman–Crippen MR) is 75.4 cm³/mol. The van der Waals surface area contributed by atoms with E-state index < -0.39 is 11.5 Å². The van der Waals surface area contributed by atoms with E-state index in [1.807, 2.05) is 6.92 Å². The van der Waals surface area contributed by atoms with Crippen LogP contribution in [0.2, 0.25) is 0 Å². The van der Waals surface area contributed by atoms with Crippen LogP contribution in [-0.2, 0) is 9.53 Å². The SMILES string of the molecule is CCC[C@](C)(NC(=O)c1ccc2c(c1)OCO2)C(=O)OC. The second-order valence-electron chi connectivity index (χ2n) is 5.10. The van der Waals surface area contributed by atoms with Crippen LogP contribution in [0.4, 0.5) is 0 Å². The van der Waals surface area contributed by atoms with E-state index in [9.17, 15) is 9.59 Å². The Labute approximate surface area is 123 Å². The summed E-state index contributed by atoms with van der Waals surface area (Å²) < 4.78 is 15.2. The van der Waals surface area contributed by atoms with Gasteiger partial charge in [-0.1, -0.05) is 13.3 Å². The van der Waals surface area contributed by atoms with E-state index in [0.717, 1.165) is 6.42 Å². The van der Waals surface area contributed by atoms with Gasteiger partial charge in [-0.25, -0.2) is 4.79 Å². The lowest BCUT2D eigenvalue weighted by Gasteiger charge is -2.27. The molecule has 0 aliphatic carbocycles. The molecule has 0 saturated carbocycles. The van der Waals surface area contributed by atoms with Crippen molar-refractivity contribution in [3.05, 3.63) is 23.8 Å². The molecule has 6 heteroatoms. The number of rotatable bonds is 5. The summed E-state index contributed by atoms with van der Waals surface area (Å²) in [5.74, 6) is 0.321. The molecule has 2 rings (SSSR count). The number of esters is 1. The second-order valence-corrected chi connectivity index (χ2v) is 5.10. The summed E-state index contributed by atoms with van der Waals surface area (Å²) >= 11 is 0. The molecule has 0 spiro atoms. The fourth-order valence-electron chi connectivity index (χ4n) is 2.30. The number of nitrogens with one attached hydrogen (secondary N) is 1. The van der Waals surface area contributed by atoms with Crippen molar-refractivity contribution >= 4 is 11.9 Å². The fourth-order valence-corrected chi connectivity index (χ4v) is 2.30. The molecule has 1 amide bonds. The first kappa shape index (κ1) is 15.2. The molecule has 1 aliphatic rings. The van der Waals surface area contributed by atoms with Gasteiger partial charge in [-0.3, -0.25) is 4.79 Å². The molecule has 0 bridgehead atoms. The monoisotopic (exact) mass is 293 g/mol. The molecule has 0 saturated heterocycles. The maximum Gasteiger partial charge on any atom is 0.331 e. The van der Waals surface area contributed by atoms with E-state index in [-0.39, 0.29) is 12.7 Å². The molecule has 0 fully saturated rings. The summed E-state index contributed by atoms with van der Waals surface area (Å²) in [6.07, 6.45) is 1.24. The molecular formula is C15H19NO5. The minimum Gasteiger partial charge on any atom is -0.467 e. The van der Waals surface area contributed by atoms with Gasteiger partial charge in [-0.05, 0) is 31.5 Å². The largest absolute Gasteiger partial charge is 0.467 e.